The Morgan fingerprint density at radius 3 is 2.23 bits per heavy atom. The van der Waals surface area contributed by atoms with Crippen molar-refractivity contribution in [1.29, 1.82) is 0 Å². The summed E-state index contributed by atoms with van der Waals surface area (Å²) < 4.78 is 38.7. The molecule has 31 heavy (non-hydrogen) atoms. The highest BCUT2D eigenvalue weighted by atomic mass is 32.2. The second-order valence-electron chi connectivity index (χ2n) is 7.37. The smallest absolute Gasteiger partial charge is 0.243 e. The lowest BCUT2D eigenvalue weighted by atomic mass is 9.85. The largest absolute Gasteiger partial charge is 0.494 e. The van der Waals surface area contributed by atoms with Crippen molar-refractivity contribution in [2.75, 3.05) is 25.0 Å². The van der Waals surface area contributed by atoms with Gasteiger partial charge in [0, 0.05) is 19.0 Å². The summed E-state index contributed by atoms with van der Waals surface area (Å²) in [4.78, 5) is 12.7. The van der Waals surface area contributed by atoms with Crippen LogP contribution in [0.25, 0.3) is 0 Å². The number of carbonyl (C=O) groups excluding carboxylic acids is 1. The van der Waals surface area contributed by atoms with Gasteiger partial charge in [-0.05, 0) is 62.2 Å². The molecule has 2 aromatic carbocycles. The molecule has 3 rings (SSSR count). The molecule has 2 aromatic rings. The third-order valence-electron chi connectivity index (χ3n) is 5.39. The van der Waals surface area contributed by atoms with E-state index in [-0.39, 0.29) is 16.7 Å². The van der Waals surface area contributed by atoms with Gasteiger partial charge in [-0.2, -0.15) is 4.31 Å². The number of amides is 1. The molecule has 0 atom stereocenters. The van der Waals surface area contributed by atoms with Crippen molar-refractivity contribution in [3.63, 3.8) is 0 Å². The van der Waals surface area contributed by atoms with Crippen LogP contribution in [0.5, 0.6) is 17.2 Å². The molecule has 0 aromatic heterocycles. The fourth-order valence-corrected chi connectivity index (χ4v) is 4.86. The van der Waals surface area contributed by atoms with Crippen LogP contribution >= 0.6 is 0 Å². The molecule has 1 amide bonds. The summed E-state index contributed by atoms with van der Waals surface area (Å²) in [5, 5.41) is 2.88. The molecule has 7 nitrogen and oxygen atoms in total. The zero-order chi connectivity index (χ0) is 22.4. The van der Waals surface area contributed by atoms with E-state index in [0.717, 1.165) is 25.0 Å². The van der Waals surface area contributed by atoms with E-state index in [4.69, 9.17) is 9.47 Å². The molecule has 0 radical (unpaired) electrons. The first-order valence-corrected chi connectivity index (χ1v) is 12.2. The topological polar surface area (TPSA) is 84.9 Å². The van der Waals surface area contributed by atoms with E-state index in [0.29, 0.717) is 36.9 Å². The molecule has 168 valence electrons. The molecule has 1 fully saturated rings. The van der Waals surface area contributed by atoms with E-state index in [1.54, 1.807) is 44.2 Å². The van der Waals surface area contributed by atoms with Crippen molar-refractivity contribution < 1.29 is 22.7 Å². The number of carbonyl (C=O) groups is 1. The molecule has 0 aliphatic heterocycles. The summed E-state index contributed by atoms with van der Waals surface area (Å²) in [5.74, 6) is 1.52. The summed E-state index contributed by atoms with van der Waals surface area (Å²) in [5.41, 5.74) is 0.346. The highest BCUT2D eigenvalue weighted by Gasteiger charge is 2.27. The van der Waals surface area contributed by atoms with Gasteiger partial charge in [-0.25, -0.2) is 8.42 Å². The van der Waals surface area contributed by atoms with Crippen LogP contribution < -0.4 is 14.8 Å². The number of nitrogens with one attached hydrogen (secondary N) is 1. The first-order chi connectivity index (χ1) is 14.9. The molecule has 0 unspecified atom stereocenters. The second kappa shape index (κ2) is 10.2. The number of sulfonamides is 1. The molecule has 1 saturated carbocycles. The molecule has 0 bridgehead atoms. The highest BCUT2D eigenvalue weighted by Crippen LogP contribution is 2.35. The van der Waals surface area contributed by atoms with Gasteiger partial charge in [-0.1, -0.05) is 20.3 Å². The van der Waals surface area contributed by atoms with Gasteiger partial charge in [0.25, 0.3) is 0 Å². The predicted octanol–water partition coefficient (Wildman–Crippen LogP) is 4.65. The molecule has 8 heteroatoms. The maximum absolute atomic E-state index is 13.0. The number of hydrogen-bond acceptors (Lipinski definition) is 5. The van der Waals surface area contributed by atoms with Crippen LogP contribution in [0, 0.1) is 5.92 Å². The Bertz CT molecular complexity index is 997. The third kappa shape index (κ3) is 5.37. The number of ether oxygens (including phenoxy) is 2. The lowest BCUT2D eigenvalue weighted by Crippen LogP contribution is -2.31. The Labute approximate surface area is 184 Å². The molecule has 0 spiro atoms. The zero-order valence-corrected chi connectivity index (χ0v) is 19.1. The summed E-state index contributed by atoms with van der Waals surface area (Å²) in [6.07, 6.45) is 2.72. The van der Waals surface area contributed by atoms with E-state index >= 15 is 0 Å². The monoisotopic (exact) mass is 446 g/mol. The number of hydrogen-bond donors (Lipinski definition) is 1. The number of rotatable bonds is 10. The van der Waals surface area contributed by atoms with Crippen LogP contribution in [0.2, 0.25) is 0 Å². The van der Waals surface area contributed by atoms with Gasteiger partial charge in [0.2, 0.25) is 15.9 Å². The first-order valence-electron chi connectivity index (χ1n) is 10.7. The summed E-state index contributed by atoms with van der Waals surface area (Å²) in [7, 11) is -3.66. The minimum atomic E-state index is -3.66. The van der Waals surface area contributed by atoms with Crippen molar-refractivity contribution in [1.82, 2.24) is 4.31 Å². The quantitative estimate of drug-likeness (QED) is 0.574. The average molecular weight is 447 g/mol. The van der Waals surface area contributed by atoms with Gasteiger partial charge in [0.1, 0.15) is 11.5 Å². The van der Waals surface area contributed by atoms with Crippen LogP contribution in [0.1, 0.15) is 40.0 Å². The Kier molecular flexibility index (Phi) is 7.56. The van der Waals surface area contributed by atoms with Crippen molar-refractivity contribution in [3.05, 3.63) is 42.5 Å². The van der Waals surface area contributed by atoms with Gasteiger partial charge in [0.05, 0.1) is 17.2 Å². The first kappa shape index (κ1) is 23.1. The van der Waals surface area contributed by atoms with Gasteiger partial charge in [-0.3, -0.25) is 4.79 Å². The maximum Gasteiger partial charge on any atom is 0.243 e. The third-order valence-corrected chi connectivity index (χ3v) is 7.44. The van der Waals surface area contributed by atoms with Crippen LogP contribution in [0.15, 0.2) is 47.4 Å². The van der Waals surface area contributed by atoms with E-state index in [1.165, 1.54) is 16.4 Å². The van der Waals surface area contributed by atoms with Crippen LogP contribution in [0.3, 0.4) is 0 Å². The van der Waals surface area contributed by atoms with E-state index in [2.05, 4.69) is 5.32 Å². The molecule has 1 aliphatic carbocycles. The molecule has 0 heterocycles. The standard InChI is InChI=1S/C23H30N2O5S/c1-4-25(5-2)31(27,28)20-14-15-22(21(16-20)24-23(26)17-8-7-9-17)30-19-12-10-18(11-13-19)29-6-3/h10-17H,4-9H2,1-3H3,(H,24,26). The lowest BCUT2D eigenvalue weighted by Gasteiger charge is -2.25. The Morgan fingerprint density at radius 2 is 1.68 bits per heavy atom. The van der Waals surface area contributed by atoms with Crippen molar-refractivity contribution in [2.45, 2.75) is 44.9 Å². The van der Waals surface area contributed by atoms with Crippen molar-refractivity contribution in [3.8, 4) is 17.2 Å². The van der Waals surface area contributed by atoms with E-state index in [1.807, 2.05) is 6.92 Å². The van der Waals surface area contributed by atoms with E-state index in [9.17, 15) is 13.2 Å². The Morgan fingerprint density at radius 1 is 1.03 bits per heavy atom. The van der Waals surface area contributed by atoms with Gasteiger partial charge < -0.3 is 14.8 Å². The zero-order valence-electron chi connectivity index (χ0n) is 18.3. The fraction of sp³-hybridized carbons (Fsp3) is 0.435. The molecular weight excluding hydrogens is 416 g/mol. The predicted molar refractivity (Wildman–Crippen MR) is 120 cm³/mol. The Balaban J connectivity index is 1.92. The molecule has 1 aliphatic rings. The van der Waals surface area contributed by atoms with Crippen LogP contribution in [0.4, 0.5) is 5.69 Å². The summed E-state index contributed by atoms with van der Waals surface area (Å²) >= 11 is 0. The maximum atomic E-state index is 13.0. The number of nitrogens with zero attached hydrogens (tertiary/aromatic N) is 1. The SMILES string of the molecule is CCOc1ccc(Oc2ccc(S(=O)(=O)N(CC)CC)cc2NC(=O)C2CCC2)cc1. The minimum absolute atomic E-state index is 0.0404. The normalized spacial score (nSPS) is 14.2. The minimum Gasteiger partial charge on any atom is -0.494 e. The van der Waals surface area contributed by atoms with Gasteiger partial charge >= 0.3 is 0 Å². The lowest BCUT2D eigenvalue weighted by molar-refractivity contribution is -0.122. The average Bonchev–Trinajstić information content (AvgIpc) is 2.70. The van der Waals surface area contributed by atoms with E-state index < -0.39 is 10.0 Å². The number of anilines is 1. The number of benzene rings is 2. The molecule has 1 N–H and O–H groups in total. The molecule has 0 saturated heterocycles. The Hall–Kier alpha value is -2.58. The molecular formula is C23H30N2O5S. The van der Waals surface area contributed by atoms with Crippen LogP contribution in [-0.4, -0.2) is 38.3 Å². The van der Waals surface area contributed by atoms with Gasteiger partial charge in [0.15, 0.2) is 5.75 Å². The fourth-order valence-electron chi connectivity index (χ4n) is 3.37. The van der Waals surface area contributed by atoms with Gasteiger partial charge in [-0.15, -0.1) is 0 Å². The summed E-state index contributed by atoms with van der Waals surface area (Å²) in [6, 6.07) is 11.7. The second-order valence-corrected chi connectivity index (χ2v) is 9.31. The highest BCUT2D eigenvalue weighted by molar-refractivity contribution is 7.89. The van der Waals surface area contributed by atoms with Crippen molar-refractivity contribution in [2.24, 2.45) is 5.92 Å². The van der Waals surface area contributed by atoms with Crippen molar-refractivity contribution >= 4 is 21.6 Å². The summed E-state index contributed by atoms with van der Waals surface area (Å²) in [6.45, 7) is 6.81. The van der Waals surface area contributed by atoms with Crippen LogP contribution in [-0.2, 0) is 14.8 Å².